The third kappa shape index (κ3) is 6.73. The third-order valence-corrected chi connectivity index (χ3v) is 2.76. The van der Waals surface area contributed by atoms with E-state index in [0.717, 1.165) is 6.42 Å². The van der Waals surface area contributed by atoms with Crippen molar-refractivity contribution in [2.24, 2.45) is 0 Å². The number of hydrogen-bond donors (Lipinski definition) is 2. The van der Waals surface area contributed by atoms with Gasteiger partial charge in [0.25, 0.3) is 0 Å². The van der Waals surface area contributed by atoms with E-state index in [2.05, 4.69) is 10.6 Å². The first-order valence-corrected chi connectivity index (χ1v) is 6.94. The van der Waals surface area contributed by atoms with Gasteiger partial charge in [-0.2, -0.15) is 0 Å². The molecule has 0 aliphatic carbocycles. The summed E-state index contributed by atoms with van der Waals surface area (Å²) >= 11 is 5.64. The largest absolute Gasteiger partial charge is 0.379 e. The zero-order valence-corrected chi connectivity index (χ0v) is 12.5. The predicted octanol–water partition coefficient (Wildman–Crippen LogP) is 2.82. The molecule has 0 aliphatic rings. The Hall–Kier alpha value is -1.33. The molecule has 20 heavy (non-hydrogen) atoms. The minimum atomic E-state index is -0.480. The van der Waals surface area contributed by atoms with Gasteiger partial charge in [-0.15, -0.1) is 0 Å². The Morgan fingerprint density at radius 3 is 2.85 bits per heavy atom. The zero-order chi connectivity index (χ0) is 15.0. The molecule has 0 spiro atoms. The van der Waals surface area contributed by atoms with Gasteiger partial charge in [0.2, 0.25) is 5.91 Å². The first kappa shape index (κ1) is 16.7. The molecule has 2 N–H and O–H groups in total. The molecule has 0 fully saturated rings. The molecule has 1 rings (SSSR count). The van der Waals surface area contributed by atoms with Gasteiger partial charge in [0.15, 0.2) is 0 Å². The van der Waals surface area contributed by atoms with Crippen LogP contribution in [0.4, 0.5) is 10.1 Å². The summed E-state index contributed by atoms with van der Waals surface area (Å²) in [6.45, 7) is 5.25. The van der Waals surface area contributed by atoms with E-state index >= 15 is 0 Å². The summed E-state index contributed by atoms with van der Waals surface area (Å²) < 4.78 is 18.3. The van der Waals surface area contributed by atoms with Crippen molar-refractivity contribution in [1.82, 2.24) is 5.32 Å². The number of carbonyl (C=O) groups is 1. The molecule has 6 heteroatoms. The summed E-state index contributed by atoms with van der Waals surface area (Å²) in [5.74, 6) is -0.609. The summed E-state index contributed by atoms with van der Waals surface area (Å²) in [4.78, 5) is 11.5. The number of ether oxygens (including phenoxy) is 1. The minimum Gasteiger partial charge on any atom is -0.379 e. The van der Waals surface area contributed by atoms with Crippen LogP contribution >= 0.6 is 11.6 Å². The van der Waals surface area contributed by atoms with Crippen LogP contribution < -0.4 is 10.6 Å². The van der Waals surface area contributed by atoms with E-state index in [1.165, 1.54) is 18.2 Å². The van der Waals surface area contributed by atoms with Crippen LogP contribution in [0, 0.1) is 5.82 Å². The van der Waals surface area contributed by atoms with Gasteiger partial charge in [0.05, 0.1) is 17.7 Å². The van der Waals surface area contributed by atoms with Crippen molar-refractivity contribution in [1.29, 1.82) is 0 Å². The molecular weight excluding hydrogens is 283 g/mol. The molecule has 0 unspecified atom stereocenters. The smallest absolute Gasteiger partial charge is 0.239 e. The molecule has 0 aromatic heterocycles. The number of anilines is 1. The Labute approximate surface area is 123 Å². The lowest BCUT2D eigenvalue weighted by Gasteiger charge is -2.09. The van der Waals surface area contributed by atoms with Crippen LogP contribution in [0.1, 0.15) is 20.3 Å². The van der Waals surface area contributed by atoms with Gasteiger partial charge >= 0.3 is 0 Å². The number of halogens is 2. The second-order valence-electron chi connectivity index (χ2n) is 4.61. The summed E-state index contributed by atoms with van der Waals surface area (Å²) in [7, 11) is 0. The molecule has 1 aromatic carbocycles. The first-order chi connectivity index (χ1) is 9.49. The van der Waals surface area contributed by atoms with Crippen LogP contribution in [0.2, 0.25) is 5.02 Å². The summed E-state index contributed by atoms with van der Waals surface area (Å²) in [5.41, 5.74) is 0.606. The molecule has 0 saturated carbocycles. The molecule has 112 valence electrons. The molecule has 4 nitrogen and oxygen atoms in total. The standard InChI is InChI=1S/C14H20ClFN2O2/c1-10(2)20-7-3-6-17-14(19)9-18-11-4-5-13(16)12(15)8-11/h4-5,8,10,18H,3,6-7,9H2,1-2H3,(H,17,19). The summed E-state index contributed by atoms with van der Waals surface area (Å²) in [6.07, 6.45) is 0.974. The van der Waals surface area contributed by atoms with Crippen LogP contribution in [0.15, 0.2) is 18.2 Å². The number of hydrogen-bond acceptors (Lipinski definition) is 3. The maximum absolute atomic E-state index is 12.9. The number of nitrogens with one attached hydrogen (secondary N) is 2. The van der Waals surface area contributed by atoms with Gasteiger partial charge in [0, 0.05) is 18.8 Å². The minimum absolute atomic E-state index is 0.0289. The van der Waals surface area contributed by atoms with E-state index in [1.807, 2.05) is 13.8 Å². The molecule has 0 bridgehead atoms. The predicted molar refractivity (Wildman–Crippen MR) is 78.6 cm³/mol. The number of carbonyl (C=O) groups excluding carboxylic acids is 1. The lowest BCUT2D eigenvalue weighted by atomic mass is 10.3. The monoisotopic (exact) mass is 302 g/mol. The SMILES string of the molecule is CC(C)OCCCNC(=O)CNc1ccc(F)c(Cl)c1. The van der Waals surface area contributed by atoms with Crippen LogP contribution in [0.3, 0.4) is 0 Å². The van der Waals surface area contributed by atoms with Gasteiger partial charge in [-0.3, -0.25) is 4.79 Å². The van der Waals surface area contributed by atoms with E-state index in [0.29, 0.717) is 18.8 Å². The fraction of sp³-hybridized carbons (Fsp3) is 0.500. The maximum Gasteiger partial charge on any atom is 0.239 e. The fourth-order valence-corrected chi connectivity index (χ4v) is 1.65. The van der Waals surface area contributed by atoms with Crippen molar-refractivity contribution in [2.75, 3.05) is 25.0 Å². The molecule has 0 aliphatic heterocycles. The Balaban J connectivity index is 2.18. The van der Waals surface area contributed by atoms with Gasteiger partial charge < -0.3 is 15.4 Å². The highest BCUT2D eigenvalue weighted by Crippen LogP contribution is 2.18. The van der Waals surface area contributed by atoms with Gasteiger partial charge in [-0.05, 0) is 38.5 Å². The van der Waals surface area contributed by atoms with Crippen LogP contribution in [-0.2, 0) is 9.53 Å². The average Bonchev–Trinajstić information content (AvgIpc) is 2.39. The molecule has 1 aromatic rings. The van der Waals surface area contributed by atoms with E-state index < -0.39 is 5.82 Å². The Morgan fingerprint density at radius 2 is 2.20 bits per heavy atom. The van der Waals surface area contributed by atoms with E-state index in [9.17, 15) is 9.18 Å². The lowest BCUT2D eigenvalue weighted by molar-refractivity contribution is -0.119. The highest BCUT2D eigenvalue weighted by Gasteiger charge is 2.03. The lowest BCUT2D eigenvalue weighted by Crippen LogP contribution is -2.31. The van der Waals surface area contributed by atoms with Crippen molar-refractivity contribution < 1.29 is 13.9 Å². The van der Waals surface area contributed by atoms with E-state index in [4.69, 9.17) is 16.3 Å². The normalized spacial score (nSPS) is 10.7. The average molecular weight is 303 g/mol. The molecule has 0 saturated heterocycles. The first-order valence-electron chi connectivity index (χ1n) is 6.56. The van der Waals surface area contributed by atoms with Gasteiger partial charge in [0.1, 0.15) is 5.82 Å². The number of rotatable bonds is 8. The van der Waals surface area contributed by atoms with Gasteiger partial charge in [-0.1, -0.05) is 11.6 Å². The molecule has 0 radical (unpaired) electrons. The van der Waals surface area contributed by atoms with E-state index in [-0.39, 0.29) is 23.6 Å². The third-order valence-electron chi connectivity index (χ3n) is 2.47. The van der Waals surface area contributed by atoms with Gasteiger partial charge in [-0.25, -0.2) is 4.39 Å². The quantitative estimate of drug-likeness (QED) is 0.726. The molecule has 0 atom stereocenters. The summed E-state index contributed by atoms with van der Waals surface area (Å²) in [6, 6.07) is 4.23. The highest BCUT2D eigenvalue weighted by molar-refractivity contribution is 6.31. The Kier molecular flexibility index (Phi) is 7.33. The summed E-state index contributed by atoms with van der Waals surface area (Å²) in [5, 5.41) is 5.67. The molecule has 1 amide bonds. The van der Waals surface area contributed by atoms with Crippen molar-refractivity contribution in [2.45, 2.75) is 26.4 Å². The van der Waals surface area contributed by atoms with Crippen molar-refractivity contribution in [3.63, 3.8) is 0 Å². The molecule has 0 heterocycles. The molecular formula is C14H20ClFN2O2. The van der Waals surface area contributed by atoms with Crippen LogP contribution in [-0.4, -0.2) is 31.7 Å². The highest BCUT2D eigenvalue weighted by atomic mass is 35.5. The van der Waals surface area contributed by atoms with Crippen LogP contribution in [0.5, 0.6) is 0 Å². The second kappa shape index (κ2) is 8.76. The Bertz CT molecular complexity index is 441. The fourth-order valence-electron chi connectivity index (χ4n) is 1.47. The van der Waals surface area contributed by atoms with Crippen LogP contribution in [0.25, 0.3) is 0 Å². The van der Waals surface area contributed by atoms with Crippen molar-refractivity contribution in [3.05, 3.63) is 29.0 Å². The Morgan fingerprint density at radius 1 is 1.45 bits per heavy atom. The maximum atomic E-state index is 12.9. The van der Waals surface area contributed by atoms with Crippen molar-refractivity contribution in [3.8, 4) is 0 Å². The topological polar surface area (TPSA) is 50.4 Å². The van der Waals surface area contributed by atoms with Crippen molar-refractivity contribution >= 4 is 23.2 Å². The number of benzene rings is 1. The van der Waals surface area contributed by atoms with E-state index in [1.54, 1.807) is 0 Å². The second-order valence-corrected chi connectivity index (χ2v) is 5.01. The zero-order valence-electron chi connectivity index (χ0n) is 11.7. The number of amides is 1.